The van der Waals surface area contributed by atoms with Crippen LogP contribution in [0.2, 0.25) is 0 Å². The number of hydrogen-bond acceptors (Lipinski definition) is 5. The maximum absolute atomic E-state index is 13.1. The lowest BCUT2D eigenvalue weighted by atomic mass is 10.1. The number of methoxy groups -OCH3 is 1. The van der Waals surface area contributed by atoms with Gasteiger partial charge in [-0.1, -0.05) is 19.1 Å². The number of rotatable bonds is 4. The Morgan fingerprint density at radius 2 is 1.92 bits per heavy atom. The maximum Gasteiger partial charge on any atom is 0.275 e. The van der Waals surface area contributed by atoms with Gasteiger partial charge < -0.3 is 14.4 Å². The summed E-state index contributed by atoms with van der Waals surface area (Å²) in [5, 5.41) is 0. The van der Waals surface area contributed by atoms with Crippen molar-refractivity contribution in [3.05, 3.63) is 35.5 Å². The van der Waals surface area contributed by atoms with Crippen molar-refractivity contribution in [1.82, 2.24) is 9.21 Å². The summed E-state index contributed by atoms with van der Waals surface area (Å²) in [5.74, 6) is -0.0398. The van der Waals surface area contributed by atoms with Crippen LogP contribution in [-0.2, 0) is 24.3 Å². The van der Waals surface area contributed by atoms with E-state index in [4.69, 9.17) is 9.47 Å². The van der Waals surface area contributed by atoms with Gasteiger partial charge in [-0.15, -0.1) is 0 Å². The highest BCUT2D eigenvalue weighted by atomic mass is 32.2. The SMILES string of the molecule is CCCN1C(C(=O)N2CCOCC2)=C(OC)c2ccccc2S1(=O)=O. The molecule has 2 aliphatic heterocycles. The van der Waals surface area contributed by atoms with Gasteiger partial charge in [-0.05, 0) is 18.6 Å². The van der Waals surface area contributed by atoms with Gasteiger partial charge in [0.2, 0.25) is 0 Å². The van der Waals surface area contributed by atoms with Crippen LogP contribution in [0, 0.1) is 0 Å². The summed E-state index contributed by atoms with van der Waals surface area (Å²) in [7, 11) is -2.35. The Hall–Kier alpha value is -2.06. The molecule has 1 fully saturated rings. The van der Waals surface area contributed by atoms with Gasteiger partial charge in [0, 0.05) is 25.2 Å². The molecule has 8 heteroatoms. The summed E-state index contributed by atoms with van der Waals surface area (Å²) in [6.07, 6.45) is 0.582. The quantitative estimate of drug-likeness (QED) is 0.802. The molecule has 2 heterocycles. The van der Waals surface area contributed by atoms with Crippen LogP contribution in [0.1, 0.15) is 18.9 Å². The lowest BCUT2D eigenvalue weighted by molar-refractivity contribution is -0.132. The first kappa shape index (κ1) is 17.8. The van der Waals surface area contributed by atoms with Crippen LogP contribution in [-0.4, -0.2) is 63.5 Å². The molecule has 7 nitrogen and oxygen atoms in total. The standard InChI is InChI=1S/C17H22N2O5S/c1-3-8-19-15(17(20)18-9-11-24-12-10-18)16(23-2)13-6-4-5-7-14(13)25(19,21)22/h4-7H,3,8-12H2,1-2H3. The number of carbonyl (C=O) groups is 1. The Labute approximate surface area is 147 Å². The number of hydrogen-bond donors (Lipinski definition) is 0. The number of sulfonamides is 1. The predicted molar refractivity (Wildman–Crippen MR) is 92.0 cm³/mol. The molecule has 0 radical (unpaired) electrons. The topological polar surface area (TPSA) is 76.2 Å². The van der Waals surface area contributed by atoms with Crippen molar-refractivity contribution in [1.29, 1.82) is 0 Å². The smallest absolute Gasteiger partial charge is 0.275 e. The van der Waals surface area contributed by atoms with Gasteiger partial charge in [-0.2, -0.15) is 0 Å². The minimum atomic E-state index is -3.80. The lowest BCUT2D eigenvalue weighted by Crippen LogP contribution is -2.47. The highest BCUT2D eigenvalue weighted by Gasteiger charge is 2.41. The average Bonchev–Trinajstić information content (AvgIpc) is 2.64. The van der Waals surface area contributed by atoms with Gasteiger partial charge in [0.25, 0.3) is 15.9 Å². The summed E-state index contributed by atoms with van der Waals surface area (Å²) in [6.45, 7) is 3.84. The van der Waals surface area contributed by atoms with E-state index < -0.39 is 10.0 Å². The van der Waals surface area contributed by atoms with E-state index in [0.717, 1.165) is 0 Å². The zero-order valence-electron chi connectivity index (χ0n) is 14.4. The number of amides is 1. The Kier molecular flexibility index (Phi) is 5.01. The van der Waals surface area contributed by atoms with E-state index in [2.05, 4.69) is 0 Å². The minimum absolute atomic E-state index is 0.0879. The van der Waals surface area contributed by atoms with Gasteiger partial charge >= 0.3 is 0 Å². The summed E-state index contributed by atoms with van der Waals surface area (Å²) in [6, 6.07) is 6.62. The van der Waals surface area contributed by atoms with E-state index in [0.29, 0.717) is 44.0 Å². The van der Waals surface area contributed by atoms with Crippen molar-refractivity contribution >= 4 is 21.7 Å². The van der Waals surface area contributed by atoms with E-state index in [1.54, 1.807) is 29.2 Å². The molecule has 0 saturated carbocycles. The summed E-state index contributed by atoms with van der Waals surface area (Å²) in [5.41, 5.74) is 0.513. The predicted octanol–water partition coefficient (Wildman–Crippen LogP) is 1.27. The fraction of sp³-hybridized carbons (Fsp3) is 0.471. The van der Waals surface area contributed by atoms with Crippen LogP contribution >= 0.6 is 0 Å². The van der Waals surface area contributed by atoms with Crippen molar-refractivity contribution in [3.63, 3.8) is 0 Å². The van der Waals surface area contributed by atoms with E-state index in [9.17, 15) is 13.2 Å². The highest BCUT2D eigenvalue weighted by molar-refractivity contribution is 7.89. The largest absolute Gasteiger partial charge is 0.494 e. The number of ether oxygens (including phenoxy) is 2. The second kappa shape index (κ2) is 7.05. The van der Waals surface area contributed by atoms with Gasteiger partial charge in [-0.25, -0.2) is 8.42 Å². The molecule has 0 spiro atoms. The van der Waals surface area contributed by atoms with Gasteiger partial charge in [0.1, 0.15) is 0 Å². The van der Waals surface area contributed by atoms with Crippen LogP contribution in [0.15, 0.2) is 34.9 Å². The Morgan fingerprint density at radius 1 is 1.24 bits per heavy atom. The number of morpholine rings is 1. The second-order valence-corrected chi connectivity index (χ2v) is 7.69. The zero-order valence-corrected chi connectivity index (χ0v) is 15.2. The molecule has 1 aromatic carbocycles. The van der Waals surface area contributed by atoms with E-state index in [1.807, 2.05) is 6.92 Å². The maximum atomic E-state index is 13.1. The summed E-state index contributed by atoms with van der Waals surface area (Å²) < 4.78 is 38.2. The van der Waals surface area contributed by atoms with Crippen LogP contribution in [0.4, 0.5) is 0 Å². The van der Waals surface area contributed by atoms with Gasteiger partial charge in [-0.3, -0.25) is 9.10 Å². The van der Waals surface area contributed by atoms with Crippen LogP contribution in [0.25, 0.3) is 5.76 Å². The molecule has 1 amide bonds. The molecular formula is C17H22N2O5S. The zero-order chi connectivity index (χ0) is 18.0. The number of nitrogens with zero attached hydrogens (tertiary/aromatic N) is 2. The molecule has 0 N–H and O–H groups in total. The van der Waals surface area contributed by atoms with E-state index in [-0.39, 0.29) is 23.0 Å². The third kappa shape index (κ3) is 3.00. The summed E-state index contributed by atoms with van der Waals surface area (Å²) >= 11 is 0. The van der Waals surface area contributed by atoms with Crippen molar-refractivity contribution in [2.24, 2.45) is 0 Å². The minimum Gasteiger partial charge on any atom is -0.494 e. The van der Waals surface area contributed by atoms with Gasteiger partial charge in [0.05, 0.1) is 25.2 Å². The highest BCUT2D eigenvalue weighted by Crippen LogP contribution is 2.37. The fourth-order valence-corrected chi connectivity index (χ4v) is 4.87. The van der Waals surface area contributed by atoms with Crippen LogP contribution in [0.5, 0.6) is 0 Å². The van der Waals surface area contributed by atoms with Crippen molar-refractivity contribution in [2.45, 2.75) is 18.2 Å². The first-order valence-electron chi connectivity index (χ1n) is 8.29. The molecule has 0 unspecified atom stereocenters. The third-order valence-electron chi connectivity index (χ3n) is 4.30. The molecule has 136 valence electrons. The van der Waals surface area contributed by atoms with Crippen LogP contribution < -0.4 is 0 Å². The molecule has 0 atom stereocenters. The molecule has 1 aromatic rings. The molecule has 3 rings (SSSR count). The third-order valence-corrected chi connectivity index (χ3v) is 6.15. The number of fused-ring (bicyclic) bond motifs is 1. The lowest BCUT2D eigenvalue weighted by Gasteiger charge is -2.36. The molecule has 0 bridgehead atoms. The van der Waals surface area contributed by atoms with Crippen LogP contribution in [0.3, 0.4) is 0 Å². The molecular weight excluding hydrogens is 344 g/mol. The normalized spacial score (nSPS) is 19.6. The van der Waals surface area contributed by atoms with E-state index in [1.165, 1.54) is 11.4 Å². The Morgan fingerprint density at radius 3 is 2.56 bits per heavy atom. The molecule has 0 aliphatic carbocycles. The first-order chi connectivity index (χ1) is 12.0. The van der Waals surface area contributed by atoms with Crippen molar-refractivity contribution < 1.29 is 22.7 Å². The molecule has 0 aromatic heterocycles. The molecule has 25 heavy (non-hydrogen) atoms. The molecule has 2 aliphatic rings. The van der Waals surface area contributed by atoms with Crippen molar-refractivity contribution in [2.75, 3.05) is 40.0 Å². The summed E-state index contributed by atoms with van der Waals surface area (Å²) in [4.78, 5) is 14.9. The average molecular weight is 366 g/mol. The monoisotopic (exact) mass is 366 g/mol. The molecule has 1 saturated heterocycles. The van der Waals surface area contributed by atoms with Crippen molar-refractivity contribution in [3.8, 4) is 0 Å². The second-order valence-electron chi connectivity index (χ2n) is 5.86. The number of benzene rings is 1. The van der Waals surface area contributed by atoms with E-state index >= 15 is 0 Å². The number of carbonyl (C=O) groups excluding carboxylic acids is 1. The Bertz CT molecular complexity index is 797. The fourth-order valence-electron chi connectivity index (χ4n) is 3.12. The Balaban J connectivity index is 2.19. The first-order valence-corrected chi connectivity index (χ1v) is 9.73. The van der Waals surface area contributed by atoms with Gasteiger partial charge in [0.15, 0.2) is 11.5 Å².